The highest BCUT2D eigenvalue weighted by molar-refractivity contribution is 6.32. The van der Waals surface area contributed by atoms with E-state index in [9.17, 15) is 5.11 Å². The Kier molecular flexibility index (Phi) is 5.91. The third kappa shape index (κ3) is 4.24. The van der Waals surface area contributed by atoms with E-state index in [2.05, 4.69) is 5.32 Å². The van der Waals surface area contributed by atoms with Crippen LogP contribution in [0.25, 0.3) is 0 Å². The average molecular weight is 302 g/mol. The van der Waals surface area contributed by atoms with Crippen LogP contribution in [0.1, 0.15) is 12.0 Å². The fourth-order valence-electron chi connectivity index (χ4n) is 2.04. The Bertz CT molecular complexity index is 441. The maximum atomic E-state index is 9.53. The number of aliphatic hydroxyl groups excluding tert-OH is 1. The van der Waals surface area contributed by atoms with E-state index in [-0.39, 0.29) is 0 Å². The highest BCUT2D eigenvalue weighted by atomic mass is 35.5. The molecular formula is C14H20ClNO4. The molecule has 0 saturated carbocycles. The smallest absolute Gasteiger partial charge is 0.179 e. The Morgan fingerprint density at radius 2 is 2.20 bits per heavy atom. The van der Waals surface area contributed by atoms with Crippen molar-refractivity contribution < 1.29 is 19.3 Å². The molecule has 1 atom stereocenters. The molecule has 1 aromatic rings. The zero-order chi connectivity index (χ0) is 14.4. The summed E-state index contributed by atoms with van der Waals surface area (Å²) in [6.45, 7) is 2.80. The zero-order valence-corrected chi connectivity index (χ0v) is 12.3. The van der Waals surface area contributed by atoms with Gasteiger partial charge in [0.1, 0.15) is 13.2 Å². The molecule has 20 heavy (non-hydrogen) atoms. The van der Waals surface area contributed by atoms with Crippen molar-refractivity contribution in [3.05, 3.63) is 22.7 Å². The van der Waals surface area contributed by atoms with Crippen LogP contribution >= 0.6 is 11.6 Å². The molecule has 2 N–H and O–H groups in total. The number of halogens is 1. The summed E-state index contributed by atoms with van der Waals surface area (Å²) < 4.78 is 15.9. The second-order valence-electron chi connectivity index (χ2n) is 4.68. The summed E-state index contributed by atoms with van der Waals surface area (Å²) in [7, 11) is 1.58. The van der Waals surface area contributed by atoms with Gasteiger partial charge in [0.15, 0.2) is 11.5 Å². The summed E-state index contributed by atoms with van der Waals surface area (Å²) in [4.78, 5) is 0. The quantitative estimate of drug-likeness (QED) is 0.749. The van der Waals surface area contributed by atoms with Gasteiger partial charge in [0.2, 0.25) is 0 Å². The van der Waals surface area contributed by atoms with Crippen LogP contribution in [0, 0.1) is 0 Å². The van der Waals surface area contributed by atoms with Crippen molar-refractivity contribution in [3.8, 4) is 11.5 Å². The molecule has 1 unspecified atom stereocenters. The third-order valence-corrected chi connectivity index (χ3v) is 3.28. The van der Waals surface area contributed by atoms with Crippen LogP contribution in [0.3, 0.4) is 0 Å². The van der Waals surface area contributed by atoms with E-state index >= 15 is 0 Å². The van der Waals surface area contributed by atoms with Gasteiger partial charge in [0.25, 0.3) is 0 Å². The fraction of sp³-hybridized carbons (Fsp3) is 0.571. The van der Waals surface area contributed by atoms with Crippen LogP contribution in [-0.2, 0) is 11.3 Å². The van der Waals surface area contributed by atoms with Crippen LogP contribution in [0.4, 0.5) is 0 Å². The first kappa shape index (κ1) is 15.4. The summed E-state index contributed by atoms with van der Waals surface area (Å²) in [6, 6.07) is 3.80. The van der Waals surface area contributed by atoms with E-state index in [1.807, 2.05) is 12.1 Å². The molecule has 0 saturated heterocycles. The first-order valence-electron chi connectivity index (χ1n) is 6.66. The minimum atomic E-state index is -0.434. The molecule has 0 spiro atoms. The second-order valence-corrected chi connectivity index (χ2v) is 5.08. The fourth-order valence-corrected chi connectivity index (χ4v) is 2.33. The number of fused-ring (bicyclic) bond motifs is 1. The van der Waals surface area contributed by atoms with Gasteiger partial charge in [-0.25, -0.2) is 0 Å². The molecule has 6 heteroatoms. The molecule has 1 heterocycles. The van der Waals surface area contributed by atoms with Gasteiger partial charge in [-0.15, -0.1) is 0 Å². The first-order chi connectivity index (χ1) is 9.70. The lowest BCUT2D eigenvalue weighted by atomic mass is 10.2. The second kappa shape index (κ2) is 7.69. The highest BCUT2D eigenvalue weighted by Crippen LogP contribution is 2.38. The lowest BCUT2D eigenvalue weighted by molar-refractivity contribution is 0.0594. The van der Waals surface area contributed by atoms with Gasteiger partial charge < -0.3 is 24.6 Å². The van der Waals surface area contributed by atoms with Crippen molar-refractivity contribution in [2.24, 2.45) is 0 Å². The summed E-state index contributed by atoms with van der Waals surface area (Å²) in [6.07, 6.45) is 0.211. The lowest BCUT2D eigenvalue weighted by Crippen LogP contribution is -2.23. The molecule has 1 aliphatic rings. The van der Waals surface area contributed by atoms with Gasteiger partial charge >= 0.3 is 0 Å². The Morgan fingerprint density at radius 3 is 3.00 bits per heavy atom. The highest BCUT2D eigenvalue weighted by Gasteiger charge is 2.16. The largest absolute Gasteiger partial charge is 0.486 e. The van der Waals surface area contributed by atoms with E-state index in [1.165, 1.54) is 0 Å². The molecule has 0 radical (unpaired) electrons. The van der Waals surface area contributed by atoms with E-state index < -0.39 is 6.10 Å². The number of benzene rings is 1. The van der Waals surface area contributed by atoms with Crippen LogP contribution < -0.4 is 14.8 Å². The molecule has 1 aromatic carbocycles. The predicted molar refractivity (Wildman–Crippen MR) is 76.6 cm³/mol. The number of nitrogens with one attached hydrogen (secondary N) is 1. The van der Waals surface area contributed by atoms with Crippen molar-refractivity contribution in [3.63, 3.8) is 0 Å². The molecule has 0 aromatic heterocycles. The molecule has 1 aliphatic heterocycles. The average Bonchev–Trinajstić information content (AvgIpc) is 2.44. The number of rotatable bonds is 7. The number of aliphatic hydroxyl groups is 1. The van der Waals surface area contributed by atoms with Crippen molar-refractivity contribution in [1.82, 2.24) is 5.32 Å². The van der Waals surface area contributed by atoms with Crippen LogP contribution in [0.2, 0.25) is 5.02 Å². The molecule has 0 aliphatic carbocycles. The van der Waals surface area contributed by atoms with Gasteiger partial charge in [0, 0.05) is 13.7 Å². The number of hydrogen-bond donors (Lipinski definition) is 2. The summed E-state index contributed by atoms with van der Waals surface area (Å²) in [5.41, 5.74) is 1.03. The number of ether oxygens (including phenoxy) is 3. The van der Waals surface area contributed by atoms with Crippen LogP contribution in [-0.4, -0.2) is 44.7 Å². The normalized spacial score (nSPS) is 15.2. The van der Waals surface area contributed by atoms with Crippen LogP contribution in [0.15, 0.2) is 12.1 Å². The predicted octanol–water partition coefficient (Wildman–Crippen LogP) is 1.60. The Labute approximate surface area is 123 Å². The van der Waals surface area contributed by atoms with Crippen molar-refractivity contribution in [2.45, 2.75) is 19.1 Å². The number of methoxy groups -OCH3 is 1. The monoisotopic (exact) mass is 301 g/mol. The standard InChI is InChI=1S/C14H20ClNO4/c1-18-9-11(17)2-3-16-8-10-6-12(15)14-13(7-10)19-4-5-20-14/h6-7,11,16-17H,2-5,8-9H2,1H3. The van der Waals surface area contributed by atoms with Crippen molar-refractivity contribution in [2.75, 3.05) is 33.5 Å². The van der Waals surface area contributed by atoms with Gasteiger partial charge in [-0.05, 0) is 30.7 Å². The molecule has 5 nitrogen and oxygen atoms in total. The minimum absolute atomic E-state index is 0.359. The molecule has 0 fully saturated rings. The summed E-state index contributed by atoms with van der Waals surface area (Å²) in [5.74, 6) is 1.32. The molecule has 112 valence electrons. The van der Waals surface area contributed by atoms with E-state index in [1.54, 1.807) is 7.11 Å². The van der Waals surface area contributed by atoms with Gasteiger partial charge in [-0.3, -0.25) is 0 Å². The van der Waals surface area contributed by atoms with Crippen LogP contribution in [0.5, 0.6) is 11.5 Å². The minimum Gasteiger partial charge on any atom is -0.486 e. The maximum absolute atomic E-state index is 9.53. The molecule has 0 bridgehead atoms. The first-order valence-corrected chi connectivity index (χ1v) is 7.04. The third-order valence-electron chi connectivity index (χ3n) is 3.00. The van der Waals surface area contributed by atoms with Gasteiger partial charge in [-0.2, -0.15) is 0 Å². The van der Waals surface area contributed by atoms with Crippen molar-refractivity contribution >= 4 is 11.6 Å². The topological polar surface area (TPSA) is 60.0 Å². The Morgan fingerprint density at radius 1 is 1.40 bits per heavy atom. The molecule has 2 rings (SSSR count). The molecule has 0 amide bonds. The lowest BCUT2D eigenvalue weighted by Gasteiger charge is -2.20. The SMILES string of the molecule is COCC(O)CCNCc1cc(Cl)c2c(c1)OCCO2. The van der Waals surface area contributed by atoms with Gasteiger partial charge in [0.05, 0.1) is 17.7 Å². The van der Waals surface area contributed by atoms with Crippen molar-refractivity contribution in [1.29, 1.82) is 0 Å². The van der Waals surface area contributed by atoms with E-state index in [4.69, 9.17) is 25.8 Å². The maximum Gasteiger partial charge on any atom is 0.179 e. The Balaban J connectivity index is 1.83. The molecular weight excluding hydrogens is 282 g/mol. The Hall–Kier alpha value is -1.01. The summed E-state index contributed by atoms with van der Waals surface area (Å²) >= 11 is 6.16. The zero-order valence-electron chi connectivity index (χ0n) is 11.5. The summed E-state index contributed by atoms with van der Waals surface area (Å²) in [5, 5.41) is 13.3. The van der Waals surface area contributed by atoms with Gasteiger partial charge in [-0.1, -0.05) is 11.6 Å². The van der Waals surface area contributed by atoms with E-state index in [0.717, 1.165) is 5.56 Å². The van der Waals surface area contributed by atoms with E-state index in [0.29, 0.717) is 55.9 Å². The number of hydrogen-bond acceptors (Lipinski definition) is 5.